The molecule has 0 aliphatic heterocycles. The fourth-order valence-corrected chi connectivity index (χ4v) is 1.98. The van der Waals surface area contributed by atoms with E-state index in [4.69, 9.17) is 5.11 Å². The van der Waals surface area contributed by atoms with E-state index in [1.807, 2.05) is 0 Å². The molecule has 4 heteroatoms. The maximum atomic E-state index is 11.2. The summed E-state index contributed by atoms with van der Waals surface area (Å²) in [4.78, 5) is 21.4. The number of rotatable bonds is 4. The summed E-state index contributed by atoms with van der Waals surface area (Å²) in [5.74, 6) is -0.0556. The van der Waals surface area contributed by atoms with Gasteiger partial charge in [0.25, 0.3) is 0 Å². The van der Waals surface area contributed by atoms with Crippen molar-refractivity contribution in [2.24, 2.45) is 11.8 Å². The zero-order valence-electron chi connectivity index (χ0n) is 9.61. The second-order valence-electron chi connectivity index (χ2n) is 4.54. The number of amides is 1. The Morgan fingerprint density at radius 2 is 1.88 bits per heavy atom. The zero-order chi connectivity index (χ0) is 12.0. The first-order valence-corrected chi connectivity index (χ1v) is 5.76. The third-order valence-corrected chi connectivity index (χ3v) is 3.08. The van der Waals surface area contributed by atoms with Crippen LogP contribution < -0.4 is 5.32 Å². The molecule has 0 aromatic heterocycles. The van der Waals surface area contributed by atoms with Crippen LogP contribution in [0.4, 0.5) is 0 Å². The third kappa shape index (κ3) is 4.96. The second kappa shape index (κ2) is 6.30. The SMILES string of the molecule is CC1CCC(CNC(=O)C=CC(=O)O)CC1. The van der Waals surface area contributed by atoms with Gasteiger partial charge < -0.3 is 10.4 Å². The molecule has 0 saturated heterocycles. The van der Waals surface area contributed by atoms with E-state index in [1.165, 1.54) is 12.8 Å². The molecule has 0 aromatic rings. The summed E-state index contributed by atoms with van der Waals surface area (Å²) >= 11 is 0. The Kier molecular flexibility index (Phi) is 5.02. The topological polar surface area (TPSA) is 66.4 Å². The molecule has 0 bridgehead atoms. The molecule has 1 amide bonds. The van der Waals surface area contributed by atoms with Crippen LogP contribution in [0.15, 0.2) is 12.2 Å². The van der Waals surface area contributed by atoms with E-state index < -0.39 is 5.97 Å². The monoisotopic (exact) mass is 225 g/mol. The molecule has 1 aliphatic carbocycles. The maximum Gasteiger partial charge on any atom is 0.328 e. The van der Waals surface area contributed by atoms with E-state index in [-0.39, 0.29) is 5.91 Å². The van der Waals surface area contributed by atoms with Crippen molar-refractivity contribution in [1.82, 2.24) is 5.32 Å². The van der Waals surface area contributed by atoms with Crippen molar-refractivity contribution in [1.29, 1.82) is 0 Å². The first kappa shape index (κ1) is 12.7. The van der Waals surface area contributed by atoms with Gasteiger partial charge in [-0.3, -0.25) is 4.79 Å². The maximum absolute atomic E-state index is 11.2. The predicted octanol–water partition coefficient (Wildman–Crippen LogP) is 1.57. The van der Waals surface area contributed by atoms with Crippen LogP contribution in [0.5, 0.6) is 0 Å². The average Bonchev–Trinajstić information content (AvgIpc) is 2.25. The van der Waals surface area contributed by atoms with Crippen molar-refractivity contribution in [2.75, 3.05) is 6.54 Å². The Balaban J connectivity index is 2.19. The molecule has 2 N–H and O–H groups in total. The van der Waals surface area contributed by atoms with Gasteiger partial charge in [0.15, 0.2) is 0 Å². The Hall–Kier alpha value is -1.32. The number of nitrogens with one attached hydrogen (secondary N) is 1. The highest BCUT2D eigenvalue weighted by molar-refractivity contribution is 5.93. The van der Waals surface area contributed by atoms with E-state index in [9.17, 15) is 9.59 Å². The Labute approximate surface area is 95.7 Å². The molecule has 16 heavy (non-hydrogen) atoms. The normalized spacial score (nSPS) is 25.6. The highest BCUT2D eigenvalue weighted by Crippen LogP contribution is 2.27. The Bertz CT molecular complexity index is 278. The van der Waals surface area contributed by atoms with E-state index in [0.717, 1.165) is 30.9 Å². The molecule has 1 fully saturated rings. The van der Waals surface area contributed by atoms with Crippen molar-refractivity contribution in [2.45, 2.75) is 32.6 Å². The van der Waals surface area contributed by atoms with E-state index in [1.54, 1.807) is 0 Å². The van der Waals surface area contributed by atoms with Crippen LogP contribution >= 0.6 is 0 Å². The Morgan fingerprint density at radius 3 is 2.44 bits per heavy atom. The van der Waals surface area contributed by atoms with Crippen molar-refractivity contribution in [3.8, 4) is 0 Å². The number of aliphatic carboxylic acids is 1. The molecule has 1 aliphatic rings. The summed E-state index contributed by atoms with van der Waals surface area (Å²) in [6.45, 7) is 2.92. The van der Waals surface area contributed by atoms with Crippen LogP contribution in [0.1, 0.15) is 32.6 Å². The summed E-state index contributed by atoms with van der Waals surface area (Å²) in [5, 5.41) is 11.1. The van der Waals surface area contributed by atoms with Gasteiger partial charge in [0.05, 0.1) is 0 Å². The fraction of sp³-hybridized carbons (Fsp3) is 0.667. The highest BCUT2D eigenvalue weighted by Gasteiger charge is 2.18. The molecule has 1 rings (SSSR count). The van der Waals surface area contributed by atoms with E-state index in [0.29, 0.717) is 12.5 Å². The summed E-state index contributed by atoms with van der Waals surface area (Å²) < 4.78 is 0. The molecule has 0 spiro atoms. The highest BCUT2D eigenvalue weighted by atomic mass is 16.4. The predicted molar refractivity (Wildman–Crippen MR) is 60.9 cm³/mol. The van der Waals surface area contributed by atoms with Crippen LogP contribution in [0.3, 0.4) is 0 Å². The third-order valence-electron chi connectivity index (χ3n) is 3.08. The van der Waals surface area contributed by atoms with Gasteiger partial charge in [-0.15, -0.1) is 0 Å². The molecule has 0 radical (unpaired) electrons. The summed E-state index contributed by atoms with van der Waals surface area (Å²) in [7, 11) is 0. The van der Waals surface area contributed by atoms with Gasteiger partial charge in [-0.1, -0.05) is 19.8 Å². The quantitative estimate of drug-likeness (QED) is 0.714. The number of carboxylic acid groups (broad SMARTS) is 1. The number of carbonyl (C=O) groups is 2. The smallest absolute Gasteiger partial charge is 0.328 e. The molecular formula is C12H19NO3. The van der Waals surface area contributed by atoms with Crippen molar-refractivity contribution in [3.05, 3.63) is 12.2 Å². The molecule has 0 unspecified atom stereocenters. The second-order valence-corrected chi connectivity index (χ2v) is 4.54. The molecule has 0 aromatic carbocycles. The lowest BCUT2D eigenvalue weighted by Crippen LogP contribution is -2.29. The van der Waals surface area contributed by atoms with Crippen molar-refractivity contribution < 1.29 is 14.7 Å². The van der Waals surface area contributed by atoms with Crippen LogP contribution in [0, 0.1) is 11.8 Å². The lowest BCUT2D eigenvalue weighted by atomic mass is 9.83. The molecule has 0 atom stereocenters. The largest absolute Gasteiger partial charge is 0.478 e. The van der Waals surface area contributed by atoms with Gasteiger partial charge in [-0.2, -0.15) is 0 Å². The van der Waals surface area contributed by atoms with E-state index >= 15 is 0 Å². The van der Waals surface area contributed by atoms with Crippen molar-refractivity contribution >= 4 is 11.9 Å². The minimum Gasteiger partial charge on any atom is -0.478 e. The lowest BCUT2D eigenvalue weighted by molar-refractivity contribution is -0.131. The lowest BCUT2D eigenvalue weighted by Gasteiger charge is -2.25. The average molecular weight is 225 g/mol. The van der Waals surface area contributed by atoms with Crippen LogP contribution in [-0.2, 0) is 9.59 Å². The van der Waals surface area contributed by atoms with Crippen LogP contribution in [0.2, 0.25) is 0 Å². The van der Waals surface area contributed by atoms with E-state index in [2.05, 4.69) is 12.2 Å². The van der Waals surface area contributed by atoms with Crippen LogP contribution in [-0.4, -0.2) is 23.5 Å². The summed E-state index contributed by atoms with van der Waals surface area (Å²) in [6, 6.07) is 0. The van der Waals surface area contributed by atoms with Gasteiger partial charge in [0.2, 0.25) is 5.91 Å². The van der Waals surface area contributed by atoms with Gasteiger partial charge in [0.1, 0.15) is 0 Å². The summed E-state index contributed by atoms with van der Waals surface area (Å²) in [6.07, 6.45) is 6.69. The first-order chi connectivity index (χ1) is 7.58. The minimum absolute atomic E-state index is 0.318. The number of hydrogen-bond donors (Lipinski definition) is 2. The summed E-state index contributed by atoms with van der Waals surface area (Å²) in [5.41, 5.74) is 0. The molecule has 90 valence electrons. The van der Waals surface area contributed by atoms with Gasteiger partial charge in [0, 0.05) is 18.7 Å². The molecule has 0 heterocycles. The molecular weight excluding hydrogens is 206 g/mol. The van der Waals surface area contributed by atoms with Gasteiger partial charge >= 0.3 is 5.97 Å². The number of carbonyl (C=O) groups excluding carboxylic acids is 1. The zero-order valence-corrected chi connectivity index (χ0v) is 9.61. The van der Waals surface area contributed by atoms with Gasteiger partial charge in [-0.05, 0) is 24.7 Å². The number of hydrogen-bond acceptors (Lipinski definition) is 2. The Morgan fingerprint density at radius 1 is 1.25 bits per heavy atom. The number of carboxylic acids is 1. The van der Waals surface area contributed by atoms with Crippen LogP contribution in [0.25, 0.3) is 0 Å². The molecule has 1 saturated carbocycles. The fourth-order valence-electron chi connectivity index (χ4n) is 1.98. The minimum atomic E-state index is -1.10. The van der Waals surface area contributed by atoms with Crippen molar-refractivity contribution in [3.63, 3.8) is 0 Å². The molecule has 4 nitrogen and oxygen atoms in total. The van der Waals surface area contributed by atoms with Gasteiger partial charge in [-0.25, -0.2) is 4.79 Å². The standard InChI is InChI=1S/C12H19NO3/c1-9-2-4-10(5-3-9)8-13-11(14)6-7-12(15)16/h6-7,9-10H,2-5,8H2,1H3,(H,13,14)(H,15,16). The first-order valence-electron chi connectivity index (χ1n) is 5.76.